The molecule has 0 aromatic heterocycles. The zero-order chi connectivity index (χ0) is 19.5. The Hall–Kier alpha value is -2.05. The van der Waals surface area contributed by atoms with E-state index in [1.54, 1.807) is 19.8 Å². The largest absolute Gasteiger partial charge is 0.493 e. The molecular formula is C23H26N2O4. The van der Waals surface area contributed by atoms with E-state index in [4.69, 9.17) is 14.2 Å². The number of methoxy groups -OCH3 is 2. The summed E-state index contributed by atoms with van der Waals surface area (Å²) in [5, 5.41) is 0. The SMILES string of the molecule is COc1cc2c(cc1OC)[C@@]13CCN4CC5=CCO[C@@H]6CC(=O)N2[C@@H]1[C@@H]6[C@H]5C[C@H]43. The Morgan fingerprint density at radius 1 is 1.21 bits per heavy atom. The van der Waals surface area contributed by atoms with Gasteiger partial charge in [-0.15, -0.1) is 0 Å². The summed E-state index contributed by atoms with van der Waals surface area (Å²) in [5.41, 5.74) is 3.85. The third-order valence-corrected chi connectivity index (χ3v) is 8.81. The molecule has 7 rings (SSSR count). The van der Waals surface area contributed by atoms with Gasteiger partial charge in [0.25, 0.3) is 0 Å². The summed E-state index contributed by atoms with van der Waals surface area (Å²) < 4.78 is 17.6. The van der Waals surface area contributed by atoms with Crippen LogP contribution in [0.2, 0.25) is 0 Å². The lowest BCUT2D eigenvalue weighted by atomic mass is 9.53. The van der Waals surface area contributed by atoms with Crippen molar-refractivity contribution in [1.82, 2.24) is 4.90 Å². The molecule has 1 spiro atoms. The Morgan fingerprint density at radius 3 is 2.86 bits per heavy atom. The fourth-order valence-electron chi connectivity index (χ4n) is 7.87. The zero-order valence-corrected chi connectivity index (χ0v) is 16.9. The molecule has 1 saturated carbocycles. The average molecular weight is 394 g/mol. The normalized spacial score (nSPS) is 41.0. The van der Waals surface area contributed by atoms with Crippen LogP contribution in [0.4, 0.5) is 5.69 Å². The summed E-state index contributed by atoms with van der Waals surface area (Å²) in [4.78, 5) is 18.3. The number of carbonyl (C=O) groups is 1. The van der Waals surface area contributed by atoms with Crippen LogP contribution >= 0.6 is 0 Å². The summed E-state index contributed by atoms with van der Waals surface area (Å²) in [6.45, 7) is 2.80. The molecule has 6 atom stereocenters. The summed E-state index contributed by atoms with van der Waals surface area (Å²) in [7, 11) is 3.36. The number of rotatable bonds is 2. The molecule has 2 bridgehead atoms. The van der Waals surface area contributed by atoms with Crippen molar-refractivity contribution in [2.75, 3.05) is 38.8 Å². The van der Waals surface area contributed by atoms with Crippen molar-refractivity contribution in [2.45, 2.75) is 42.9 Å². The molecule has 6 heteroatoms. The minimum atomic E-state index is -0.0242. The van der Waals surface area contributed by atoms with Crippen LogP contribution in [0.3, 0.4) is 0 Å². The first-order chi connectivity index (χ1) is 14.2. The predicted molar refractivity (Wildman–Crippen MR) is 107 cm³/mol. The molecule has 1 aromatic carbocycles. The van der Waals surface area contributed by atoms with E-state index in [1.807, 2.05) is 6.07 Å². The number of carbonyl (C=O) groups excluding carboxylic acids is 1. The smallest absolute Gasteiger partial charge is 0.229 e. The number of benzene rings is 1. The topological polar surface area (TPSA) is 51.2 Å². The van der Waals surface area contributed by atoms with Crippen LogP contribution in [0.15, 0.2) is 23.8 Å². The molecule has 1 aliphatic carbocycles. The number of ether oxygens (including phenoxy) is 3. The number of anilines is 1. The van der Waals surface area contributed by atoms with Crippen molar-refractivity contribution in [3.8, 4) is 11.5 Å². The number of hydrogen-bond donors (Lipinski definition) is 0. The maximum atomic E-state index is 13.5. The fourth-order valence-corrected chi connectivity index (χ4v) is 7.87. The molecule has 1 amide bonds. The van der Waals surface area contributed by atoms with E-state index in [1.165, 1.54) is 12.0 Å². The van der Waals surface area contributed by atoms with Gasteiger partial charge in [0.05, 0.1) is 45.1 Å². The first kappa shape index (κ1) is 16.7. The molecule has 0 unspecified atom stereocenters. The molecule has 6 aliphatic rings. The van der Waals surface area contributed by atoms with E-state index in [0.29, 0.717) is 36.7 Å². The van der Waals surface area contributed by atoms with Gasteiger partial charge in [-0.25, -0.2) is 0 Å². The Bertz CT molecular complexity index is 974. The summed E-state index contributed by atoms with van der Waals surface area (Å²) in [6, 6.07) is 4.87. The van der Waals surface area contributed by atoms with Crippen LogP contribution in [0, 0.1) is 11.8 Å². The molecule has 152 valence electrons. The van der Waals surface area contributed by atoms with Crippen molar-refractivity contribution in [3.63, 3.8) is 0 Å². The van der Waals surface area contributed by atoms with E-state index < -0.39 is 0 Å². The molecule has 1 aromatic rings. The highest BCUT2D eigenvalue weighted by Crippen LogP contribution is 2.66. The number of hydrogen-bond acceptors (Lipinski definition) is 5. The van der Waals surface area contributed by atoms with Crippen molar-refractivity contribution in [3.05, 3.63) is 29.3 Å². The number of amides is 1. The van der Waals surface area contributed by atoms with Crippen LogP contribution in [-0.4, -0.2) is 62.9 Å². The van der Waals surface area contributed by atoms with Gasteiger partial charge in [-0.1, -0.05) is 11.6 Å². The second-order valence-electron chi connectivity index (χ2n) is 9.48. The predicted octanol–water partition coefficient (Wildman–Crippen LogP) is 2.11. The highest BCUT2D eigenvalue weighted by Gasteiger charge is 2.71. The van der Waals surface area contributed by atoms with Gasteiger partial charge in [-0.2, -0.15) is 0 Å². The molecule has 5 aliphatic heterocycles. The fraction of sp³-hybridized carbons (Fsp3) is 0.609. The van der Waals surface area contributed by atoms with Crippen LogP contribution in [-0.2, 0) is 14.9 Å². The van der Waals surface area contributed by atoms with Gasteiger partial charge in [0, 0.05) is 30.0 Å². The second kappa shape index (κ2) is 5.35. The molecule has 6 nitrogen and oxygen atoms in total. The lowest BCUT2D eigenvalue weighted by Crippen LogP contribution is -2.69. The second-order valence-corrected chi connectivity index (χ2v) is 9.48. The van der Waals surface area contributed by atoms with Crippen LogP contribution < -0.4 is 14.4 Å². The minimum absolute atomic E-state index is 0.0242. The van der Waals surface area contributed by atoms with Crippen LogP contribution in [0.25, 0.3) is 0 Å². The van der Waals surface area contributed by atoms with Crippen molar-refractivity contribution < 1.29 is 19.0 Å². The highest BCUT2D eigenvalue weighted by atomic mass is 16.5. The Balaban J connectivity index is 1.52. The van der Waals surface area contributed by atoms with Gasteiger partial charge in [-0.05, 0) is 36.9 Å². The summed E-state index contributed by atoms with van der Waals surface area (Å²) in [5.74, 6) is 2.57. The first-order valence-electron chi connectivity index (χ1n) is 10.8. The number of nitrogens with zero attached hydrogens (tertiary/aromatic N) is 2. The van der Waals surface area contributed by atoms with Gasteiger partial charge in [0.1, 0.15) is 0 Å². The van der Waals surface area contributed by atoms with Crippen molar-refractivity contribution >= 4 is 11.6 Å². The number of fused-ring (bicyclic) bond motifs is 2. The molecule has 29 heavy (non-hydrogen) atoms. The average Bonchev–Trinajstić information content (AvgIpc) is 3.20. The molecule has 5 heterocycles. The molecule has 4 fully saturated rings. The molecule has 3 saturated heterocycles. The van der Waals surface area contributed by atoms with Gasteiger partial charge in [-0.3, -0.25) is 9.69 Å². The third kappa shape index (κ3) is 1.76. The quantitative estimate of drug-likeness (QED) is 0.719. The molecule has 0 N–H and O–H groups in total. The van der Waals surface area contributed by atoms with E-state index in [0.717, 1.165) is 30.9 Å². The van der Waals surface area contributed by atoms with Crippen LogP contribution in [0.5, 0.6) is 11.5 Å². The highest BCUT2D eigenvalue weighted by molar-refractivity contribution is 5.99. The van der Waals surface area contributed by atoms with E-state index in [9.17, 15) is 4.79 Å². The van der Waals surface area contributed by atoms with Crippen molar-refractivity contribution in [2.24, 2.45) is 11.8 Å². The van der Waals surface area contributed by atoms with Gasteiger partial charge >= 0.3 is 0 Å². The van der Waals surface area contributed by atoms with E-state index in [-0.39, 0.29) is 23.5 Å². The minimum Gasteiger partial charge on any atom is -0.493 e. The van der Waals surface area contributed by atoms with E-state index in [2.05, 4.69) is 21.9 Å². The van der Waals surface area contributed by atoms with Crippen molar-refractivity contribution in [1.29, 1.82) is 0 Å². The summed E-state index contributed by atoms with van der Waals surface area (Å²) in [6.07, 6.45) is 5.11. The Morgan fingerprint density at radius 2 is 2.03 bits per heavy atom. The van der Waals surface area contributed by atoms with Gasteiger partial charge < -0.3 is 19.1 Å². The number of piperidine rings is 2. The monoisotopic (exact) mass is 394 g/mol. The van der Waals surface area contributed by atoms with Gasteiger partial charge in [0.2, 0.25) is 5.91 Å². The van der Waals surface area contributed by atoms with E-state index >= 15 is 0 Å². The molecular weight excluding hydrogens is 368 g/mol. The standard InChI is InChI=1S/C23H26N2O4/c1-27-16-8-14-15(9-17(16)28-2)25-20(26)10-18-21-13-7-19-23(14,22(21)25)4-5-24(19)11-12(13)3-6-29-18/h3,8-9,13,18-19,21-22H,4-7,10-11H2,1-2H3/t13-,18+,19-,21+,22+,23+/m0/s1. The molecule has 0 radical (unpaired) electrons. The Labute approximate surface area is 170 Å². The zero-order valence-electron chi connectivity index (χ0n) is 16.9. The third-order valence-electron chi connectivity index (χ3n) is 8.81. The lowest BCUT2D eigenvalue weighted by molar-refractivity contribution is -0.132. The Kier molecular flexibility index (Phi) is 3.08. The lowest BCUT2D eigenvalue weighted by Gasteiger charge is -2.58. The maximum absolute atomic E-state index is 13.5. The summed E-state index contributed by atoms with van der Waals surface area (Å²) >= 11 is 0. The maximum Gasteiger partial charge on any atom is 0.229 e. The first-order valence-corrected chi connectivity index (χ1v) is 10.8. The van der Waals surface area contributed by atoms with Crippen LogP contribution in [0.1, 0.15) is 24.8 Å². The van der Waals surface area contributed by atoms with Gasteiger partial charge in [0.15, 0.2) is 11.5 Å².